The first kappa shape index (κ1) is 17.0. The highest BCUT2D eigenvalue weighted by Crippen LogP contribution is 2.29. The van der Waals surface area contributed by atoms with Crippen LogP contribution in [0.25, 0.3) is 0 Å². The molecule has 0 aliphatic rings. The summed E-state index contributed by atoms with van der Waals surface area (Å²) in [6.07, 6.45) is 0. The Morgan fingerprint density at radius 1 is 1.29 bits per heavy atom. The van der Waals surface area contributed by atoms with E-state index in [1.54, 1.807) is 31.7 Å². The van der Waals surface area contributed by atoms with Gasteiger partial charge in [0.15, 0.2) is 4.34 Å². The largest absolute Gasteiger partial charge is 0.466 e. The average molecular weight is 380 g/mol. The number of nitrogens with one attached hydrogen (secondary N) is 1. The second-order valence-electron chi connectivity index (χ2n) is 5.07. The fraction of sp³-hybridized carbons (Fsp3) is 0.188. The Morgan fingerprint density at radius 2 is 2.04 bits per heavy atom. The van der Waals surface area contributed by atoms with E-state index in [1.165, 1.54) is 11.3 Å². The molecule has 24 heavy (non-hydrogen) atoms. The Morgan fingerprint density at radius 3 is 2.71 bits per heavy atom. The van der Waals surface area contributed by atoms with Crippen molar-refractivity contribution in [1.29, 1.82) is 0 Å². The van der Waals surface area contributed by atoms with E-state index < -0.39 is 0 Å². The predicted molar refractivity (Wildman–Crippen MR) is 97.1 cm³/mol. The number of rotatable bonds is 5. The van der Waals surface area contributed by atoms with Gasteiger partial charge in [-0.3, -0.25) is 10.1 Å². The van der Waals surface area contributed by atoms with Crippen molar-refractivity contribution >= 4 is 45.7 Å². The molecule has 1 aromatic carbocycles. The van der Waals surface area contributed by atoms with Crippen LogP contribution in [0.15, 0.2) is 39.1 Å². The first-order valence-corrected chi connectivity index (χ1v) is 9.28. The second-order valence-corrected chi connectivity index (χ2v) is 7.71. The van der Waals surface area contributed by atoms with Crippen molar-refractivity contribution in [3.8, 4) is 0 Å². The van der Waals surface area contributed by atoms with Gasteiger partial charge in [-0.15, -0.1) is 10.2 Å². The van der Waals surface area contributed by atoms with E-state index in [2.05, 4.69) is 15.5 Å². The molecule has 1 amide bonds. The summed E-state index contributed by atoms with van der Waals surface area (Å²) in [6.45, 7) is 3.57. The molecule has 3 aromatic rings. The van der Waals surface area contributed by atoms with Crippen molar-refractivity contribution in [2.45, 2.75) is 23.9 Å². The van der Waals surface area contributed by atoms with E-state index in [1.807, 2.05) is 24.3 Å². The van der Waals surface area contributed by atoms with E-state index in [4.69, 9.17) is 16.0 Å². The minimum Gasteiger partial charge on any atom is -0.466 e. The van der Waals surface area contributed by atoms with E-state index in [9.17, 15) is 4.79 Å². The summed E-state index contributed by atoms with van der Waals surface area (Å²) in [5, 5.41) is 12.0. The van der Waals surface area contributed by atoms with Crippen molar-refractivity contribution in [1.82, 2.24) is 10.2 Å². The molecule has 0 atom stereocenters. The van der Waals surface area contributed by atoms with Gasteiger partial charge < -0.3 is 4.42 Å². The van der Waals surface area contributed by atoms with Gasteiger partial charge in [-0.1, -0.05) is 46.8 Å². The molecule has 0 bridgehead atoms. The summed E-state index contributed by atoms with van der Waals surface area (Å²) in [5.41, 5.74) is 1.66. The number of aryl methyl sites for hydroxylation is 2. The van der Waals surface area contributed by atoms with Crippen LogP contribution in [0.4, 0.5) is 5.13 Å². The molecule has 2 aromatic heterocycles. The molecule has 3 rings (SSSR count). The quantitative estimate of drug-likeness (QED) is 0.502. The first-order valence-electron chi connectivity index (χ1n) is 7.10. The fourth-order valence-electron chi connectivity index (χ4n) is 2.07. The average Bonchev–Trinajstić information content (AvgIpc) is 3.12. The zero-order valence-corrected chi connectivity index (χ0v) is 15.4. The molecule has 1 N–H and O–H groups in total. The highest BCUT2D eigenvalue weighted by atomic mass is 35.5. The lowest BCUT2D eigenvalue weighted by Crippen LogP contribution is -2.11. The van der Waals surface area contributed by atoms with Crippen LogP contribution in [0, 0.1) is 13.8 Å². The number of thioether (sulfide) groups is 1. The Hall–Kier alpha value is -1.83. The highest BCUT2D eigenvalue weighted by Gasteiger charge is 2.15. The van der Waals surface area contributed by atoms with Crippen LogP contribution in [-0.2, 0) is 5.75 Å². The molecule has 5 nitrogen and oxygen atoms in total. The normalized spacial score (nSPS) is 10.8. The molecule has 0 unspecified atom stereocenters. The maximum Gasteiger partial charge on any atom is 0.261 e. The number of carbonyl (C=O) groups excluding carboxylic acids is 1. The summed E-state index contributed by atoms with van der Waals surface area (Å²) >= 11 is 8.78. The van der Waals surface area contributed by atoms with Gasteiger partial charge >= 0.3 is 0 Å². The first-order chi connectivity index (χ1) is 11.5. The number of amides is 1. The van der Waals surface area contributed by atoms with Crippen molar-refractivity contribution in [2.75, 3.05) is 5.32 Å². The molecule has 0 saturated carbocycles. The molecule has 8 heteroatoms. The third kappa shape index (κ3) is 4.17. The van der Waals surface area contributed by atoms with Gasteiger partial charge in [-0.05, 0) is 37.6 Å². The lowest BCUT2D eigenvalue weighted by atomic mass is 10.2. The molecule has 0 saturated heterocycles. The zero-order chi connectivity index (χ0) is 17.1. The standard InChI is InChI=1S/C16H14ClN3O2S2/c1-9-7-13(10(2)22-9)14(21)18-15-19-20-16(24-15)23-8-11-3-5-12(17)6-4-11/h3-7H,8H2,1-2H3,(H,18,19,21). The minimum absolute atomic E-state index is 0.241. The Kier molecular flexibility index (Phi) is 5.23. The summed E-state index contributed by atoms with van der Waals surface area (Å²) in [7, 11) is 0. The topological polar surface area (TPSA) is 68.0 Å². The number of aromatic nitrogens is 2. The summed E-state index contributed by atoms with van der Waals surface area (Å²) < 4.78 is 6.16. The maximum absolute atomic E-state index is 12.2. The zero-order valence-electron chi connectivity index (χ0n) is 13.0. The minimum atomic E-state index is -0.241. The highest BCUT2D eigenvalue weighted by molar-refractivity contribution is 8.00. The van der Waals surface area contributed by atoms with E-state index >= 15 is 0 Å². The van der Waals surface area contributed by atoms with Gasteiger partial charge in [0.1, 0.15) is 11.5 Å². The number of hydrogen-bond acceptors (Lipinski definition) is 6. The fourth-order valence-corrected chi connectivity index (χ4v) is 3.89. The summed E-state index contributed by atoms with van der Waals surface area (Å²) in [5.74, 6) is 1.82. The number of benzene rings is 1. The molecular weight excluding hydrogens is 366 g/mol. The number of halogens is 1. The second kappa shape index (κ2) is 7.38. The van der Waals surface area contributed by atoms with Crippen molar-refractivity contribution in [3.63, 3.8) is 0 Å². The lowest BCUT2D eigenvalue weighted by molar-refractivity contribution is 0.102. The van der Waals surface area contributed by atoms with Crippen molar-refractivity contribution in [3.05, 3.63) is 58.0 Å². The maximum atomic E-state index is 12.2. The smallest absolute Gasteiger partial charge is 0.261 e. The van der Waals surface area contributed by atoms with Gasteiger partial charge in [0.05, 0.1) is 5.56 Å². The van der Waals surface area contributed by atoms with Gasteiger partial charge in [0.25, 0.3) is 5.91 Å². The van der Waals surface area contributed by atoms with Gasteiger partial charge in [0, 0.05) is 10.8 Å². The van der Waals surface area contributed by atoms with E-state index in [0.29, 0.717) is 22.2 Å². The molecule has 0 spiro atoms. The molecule has 0 aliphatic heterocycles. The summed E-state index contributed by atoms with van der Waals surface area (Å²) in [4.78, 5) is 12.2. The van der Waals surface area contributed by atoms with Gasteiger partial charge in [-0.25, -0.2) is 0 Å². The monoisotopic (exact) mass is 379 g/mol. The third-order valence-corrected chi connectivity index (χ3v) is 5.48. The molecule has 2 heterocycles. The number of anilines is 1. The Balaban J connectivity index is 1.60. The van der Waals surface area contributed by atoms with Crippen molar-refractivity contribution < 1.29 is 9.21 Å². The molecule has 0 fully saturated rings. The Labute approximate surface area is 152 Å². The predicted octanol–water partition coefficient (Wildman–Crippen LogP) is 4.95. The Bertz CT molecular complexity index is 859. The van der Waals surface area contributed by atoms with E-state index in [0.717, 1.165) is 20.7 Å². The third-order valence-electron chi connectivity index (χ3n) is 3.19. The van der Waals surface area contributed by atoms with Crippen molar-refractivity contribution in [2.24, 2.45) is 0 Å². The number of furan rings is 1. The van der Waals surface area contributed by atoms with Crippen LogP contribution >= 0.6 is 34.7 Å². The van der Waals surface area contributed by atoms with Crippen LogP contribution in [0.5, 0.6) is 0 Å². The van der Waals surface area contributed by atoms with Crippen LogP contribution in [-0.4, -0.2) is 16.1 Å². The molecular formula is C16H14ClN3O2S2. The lowest BCUT2D eigenvalue weighted by Gasteiger charge is -1.99. The van der Waals surface area contributed by atoms with Crippen LogP contribution < -0.4 is 5.32 Å². The summed E-state index contributed by atoms with van der Waals surface area (Å²) in [6, 6.07) is 9.38. The van der Waals surface area contributed by atoms with E-state index in [-0.39, 0.29) is 5.91 Å². The SMILES string of the molecule is Cc1cc(C(=O)Nc2nnc(SCc3ccc(Cl)cc3)s2)c(C)o1. The van der Waals surface area contributed by atoms with Crippen LogP contribution in [0.3, 0.4) is 0 Å². The van der Waals surface area contributed by atoms with Gasteiger partial charge in [0.2, 0.25) is 5.13 Å². The molecule has 0 radical (unpaired) electrons. The van der Waals surface area contributed by atoms with Crippen LogP contribution in [0.1, 0.15) is 27.4 Å². The number of hydrogen-bond donors (Lipinski definition) is 1. The van der Waals surface area contributed by atoms with Gasteiger partial charge in [-0.2, -0.15) is 0 Å². The van der Waals surface area contributed by atoms with Crippen LogP contribution in [0.2, 0.25) is 5.02 Å². The molecule has 0 aliphatic carbocycles. The molecule has 124 valence electrons. The number of nitrogens with zero attached hydrogens (tertiary/aromatic N) is 2. The number of carbonyl (C=O) groups is 1.